The van der Waals surface area contributed by atoms with Crippen molar-refractivity contribution in [3.05, 3.63) is 23.9 Å². The summed E-state index contributed by atoms with van der Waals surface area (Å²) < 4.78 is 4.86. The Balaban J connectivity index is 2.24. The zero-order valence-electron chi connectivity index (χ0n) is 10.6. The smallest absolute Gasteiger partial charge is 0.328 e. The van der Waals surface area contributed by atoms with Gasteiger partial charge in [0.15, 0.2) is 0 Å². The fourth-order valence-corrected chi connectivity index (χ4v) is 2.33. The molecule has 1 saturated heterocycles. The van der Waals surface area contributed by atoms with E-state index in [-0.39, 0.29) is 12.0 Å². The summed E-state index contributed by atoms with van der Waals surface area (Å²) in [6.07, 6.45) is 2.94. The van der Waals surface area contributed by atoms with E-state index in [2.05, 4.69) is 4.98 Å². The Labute approximate surface area is 107 Å². The van der Waals surface area contributed by atoms with Gasteiger partial charge in [-0.25, -0.2) is 9.78 Å². The van der Waals surface area contributed by atoms with Crippen molar-refractivity contribution in [3.8, 4) is 0 Å². The fourth-order valence-electron chi connectivity index (χ4n) is 2.33. The average molecular weight is 249 g/mol. The highest BCUT2D eigenvalue weighted by Crippen LogP contribution is 2.24. The second-order valence-corrected chi connectivity index (χ2v) is 4.42. The van der Waals surface area contributed by atoms with Crippen LogP contribution in [0.5, 0.6) is 0 Å². The molecule has 1 aromatic rings. The van der Waals surface area contributed by atoms with Crippen LogP contribution in [0.25, 0.3) is 0 Å². The average Bonchev–Trinajstić information content (AvgIpc) is 2.46. The van der Waals surface area contributed by atoms with Crippen LogP contribution in [0.1, 0.15) is 25.0 Å². The van der Waals surface area contributed by atoms with E-state index in [1.165, 1.54) is 7.11 Å². The number of carbonyl (C=O) groups is 1. The normalized spacial score (nSPS) is 19.7. The minimum atomic E-state index is -0.218. The molecule has 2 N–H and O–H groups in total. The van der Waals surface area contributed by atoms with Gasteiger partial charge >= 0.3 is 5.97 Å². The molecular formula is C13H19N3O2. The van der Waals surface area contributed by atoms with Gasteiger partial charge in [-0.2, -0.15) is 0 Å². The number of piperidine rings is 1. The number of pyridine rings is 1. The summed E-state index contributed by atoms with van der Waals surface area (Å²) in [5, 5.41) is 0. The van der Waals surface area contributed by atoms with E-state index in [1.807, 2.05) is 23.1 Å². The second kappa shape index (κ2) is 5.82. The van der Waals surface area contributed by atoms with Crippen LogP contribution < -0.4 is 10.6 Å². The molecule has 5 nitrogen and oxygen atoms in total. The molecule has 1 atom stereocenters. The van der Waals surface area contributed by atoms with Gasteiger partial charge in [-0.05, 0) is 31.4 Å². The molecule has 0 aromatic carbocycles. The Morgan fingerprint density at radius 2 is 2.39 bits per heavy atom. The van der Waals surface area contributed by atoms with Gasteiger partial charge in [-0.3, -0.25) is 0 Å². The van der Waals surface area contributed by atoms with E-state index in [1.54, 1.807) is 0 Å². The van der Waals surface area contributed by atoms with Crippen LogP contribution in [0.3, 0.4) is 0 Å². The molecule has 18 heavy (non-hydrogen) atoms. The molecule has 2 rings (SSSR count). The maximum absolute atomic E-state index is 11.8. The summed E-state index contributed by atoms with van der Waals surface area (Å²) in [5.74, 6) is 0.628. The van der Waals surface area contributed by atoms with Crippen LogP contribution in [0.2, 0.25) is 0 Å². The number of rotatable bonds is 3. The number of aromatic nitrogens is 1. The molecule has 1 aromatic heterocycles. The zero-order valence-corrected chi connectivity index (χ0v) is 10.6. The SMILES string of the molecule is COC(=O)C1CCCCN1c1cccc(CN)n1. The summed E-state index contributed by atoms with van der Waals surface area (Å²) in [5.41, 5.74) is 6.43. The molecule has 0 spiro atoms. The largest absolute Gasteiger partial charge is 0.467 e. The third-order valence-electron chi connectivity index (χ3n) is 3.27. The Bertz CT molecular complexity index is 422. The molecule has 5 heteroatoms. The van der Waals surface area contributed by atoms with Crippen molar-refractivity contribution in [3.63, 3.8) is 0 Å². The maximum atomic E-state index is 11.8. The van der Waals surface area contributed by atoms with Crippen molar-refractivity contribution in [1.29, 1.82) is 0 Å². The molecule has 0 bridgehead atoms. The third kappa shape index (κ3) is 2.61. The lowest BCUT2D eigenvalue weighted by Crippen LogP contribution is -2.45. The van der Waals surface area contributed by atoms with E-state index in [0.717, 1.165) is 37.3 Å². The first kappa shape index (κ1) is 12.8. The fraction of sp³-hybridized carbons (Fsp3) is 0.538. The molecule has 1 unspecified atom stereocenters. The Morgan fingerprint density at radius 1 is 1.56 bits per heavy atom. The monoisotopic (exact) mass is 249 g/mol. The van der Waals surface area contributed by atoms with Crippen molar-refractivity contribution >= 4 is 11.8 Å². The van der Waals surface area contributed by atoms with Crippen LogP contribution in [0.15, 0.2) is 18.2 Å². The number of hydrogen-bond acceptors (Lipinski definition) is 5. The zero-order chi connectivity index (χ0) is 13.0. The highest BCUT2D eigenvalue weighted by molar-refractivity contribution is 5.79. The predicted molar refractivity (Wildman–Crippen MR) is 69.1 cm³/mol. The van der Waals surface area contributed by atoms with Crippen LogP contribution in [0.4, 0.5) is 5.82 Å². The highest BCUT2D eigenvalue weighted by Gasteiger charge is 2.30. The van der Waals surface area contributed by atoms with Crippen molar-refractivity contribution in [1.82, 2.24) is 4.98 Å². The number of esters is 1. The van der Waals surface area contributed by atoms with Gasteiger partial charge in [0.2, 0.25) is 0 Å². The van der Waals surface area contributed by atoms with Gasteiger partial charge in [-0.1, -0.05) is 6.07 Å². The van der Waals surface area contributed by atoms with Crippen molar-refractivity contribution in [2.45, 2.75) is 31.8 Å². The number of hydrogen-bond donors (Lipinski definition) is 1. The number of anilines is 1. The minimum absolute atomic E-state index is 0.186. The van der Waals surface area contributed by atoms with E-state index >= 15 is 0 Å². The van der Waals surface area contributed by atoms with Crippen LogP contribution in [-0.4, -0.2) is 30.6 Å². The van der Waals surface area contributed by atoms with Gasteiger partial charge in [-0.15, -0.1) is 0 Å². The second-order valence-electron chi connectivity index (χ2n) is 4.42. The van der Waals surface area contributed by atoms with E-state index in [0.29, 0.717) is 6.54 Å². The van der Waals surface area contributed by atoms with Crippen LogP contribution in [0, 0.1) is 0 Å². The van der Waals surface area contributed by atoms with E-state index in [4.69, 9.17) is 10.5 Å². The molecule has 1 aliphatic rings. The van der Waals surface area contributed by atoms with E-state index in [9.17, 15) is 4.79 Å². The van der Waals surface area contributed by atoms with Crippen LogP contribution >= 0.6 is 0 Å². The molecule has 1 aliphatic heterocycles. The first-order chi connectivity index (χ1) is 8.76. The van der Waals surface area contributed by atoms with Crippen molar-refractivity contribution in [2.24, 2.45) is 5.73 Å². The minimum Gasteiger partial charge on any atom is -0.467 e. The standard InChI is InChI=1S/C13H19N3O2/c1-18-13(17)11-6-2-3-8-16(11)12-7-4-5-10(9-14)15-12/h4-5,7,11H,2-3,6,8-9,14H2,1H3. The highest BCUT2D eigenvalue weighted by atomic mass is 16.5. The molecule has 0 saturated carbocycles. The van der Waals surface area contributed by atoms with Crippen LogP contribution in [-0.2, 0) is 16.1 Å². The number of carbonyl (C=O) groups excluding carboxylic acids is 1. The Hall–Kier alpha value is -1.62. The predicted octanol–water partition coefficient (Wildman–Crippen LogP) is 1.07. The molecule has 2 heterocycles. The lowest BCUT2D eigenvalue weighted by molar-refractivity contribution is -0.142. The number of nitrogens with two attached hydrogens (primary N) is 1. The first-order valence-corrected chi connectivity index (χ1v) is 6.26. The third-order valence-corrected chi connectivity index (χ3v) is 3.27. The summed E-state index contributed by atoms with van der Waals surface area (Å²) in [7, 11) is 1.43. The molecular weight excluding hydrogens is 230 g/mol. The lowest BCUT2D eigenvalue weighted by atomic mass is 10.0. The summed E-state index contributed by atoms with van der Waals surface area (Å²) in [6.45, 7) is 1.24. The van der Waals surface area contributed by atoms with Crippen molar-refractivity contribution < 1.29 is 9.53 Å². The summed E-state index contributed by atoms with van der Waals surface area (Å²) >= 11 is 0. The van der Waals surface area contributed by atoms with E-state index < -0.39 is 0 Å². The molecule has 1 fully saturated rings. The Morgan fingerprint density at radius 3 is 3.11 bits per heavy atom. The van der Waals surface area contributed by atoms with Gasteiger partial charge in [0, 0.05) is 13.1 Å². The first-order valence-electron chi connectivity index (χ1n) is 6.26. The lowest BCUT2D eigenvalue weighted by Gasteiger charge is -2.34. The molecule has 0 aliphatic carbocycles. The topological polar surface area (TPSA) is 68.5 Å². The Kier molecular flexibility index (Phi) is 4.15. The van der Waals surface area contributed by atoms with Gasteiger partial charge in [0.25, 0.3) is 0 Å². The van der Waals surface area contributed by atoms with Gasteiger partial charge < -0.3 is 15.4 Å². The van der Waals surface area contributed by atoms with Gasteiger partial charge in [0.05, 0.1) is 12.8 Å². The quantitative estimate of drug-likeness (QED) is 0.812. The van der Waals surface area contributed by atoms with Crippen molar-refractivity contribution in [2.75, 3.05) is 18.6 Å². The maximum Gasteiger partial charge on any atom is 0.328 e. The number of methoxy groups -OCH3 is 1. The molecule has 98 valence electrons. The van der Waals surface area contributed by atoms with Gasteiger partial charge in [0.1, 0.15) is 11.9 Å². The summed E-state index contributed by atoms with van der Waals surface area (Å²) in [6, 6.07) is 5.51. The number of ether oxygens (including phenoxy) is 1. The molecule has 0 radical (unpaired) electrons. The summed E-state index contributed by atoms with van der Waals surface area (Å²) in [4.78, 5) is 18.3. The molecule has 0 amide bonds. The number of nitrogens with zero attached hydrogens (tertiary/aromatic N) is 2.